The SMILES string of the molecule is CNS(=O)(=O)c1ccc(-c2cnc3ncc(C4(c5ccc6ncccc6c5)CC4)n3c2)cc1F. The number of rotatable bonds is 5. The molecule has 0 spiro atoms. The van der Waals surface area contributed by atoms with Gasteiger partial charge in [-0.2, -0.15) is 0 Å². The quantitative estimate of drug-likeness (QED) is 0.416. The lowest BCUT2D eigenvalue weighted by molar-refractivity contribution is 0.562. The summed E-state index contributed by atoms with van der Waals surface area (Å²) >= 11 is 0. The second-order valence-electron chi connectivity index (χ2n) is 8.50. The number of aromatic nitrogens is 4. The van der Waals surface area contributed by atoms with Crippen molar-refractivity contribution in [2.45, 2.75) is 23.2 Å². The average molecular weight is 474 g/mol. The van der Waals surface area contributed by atoms with E-state index in [0.717, 1.165) is 29.4 Å². The summed E-state index contributed by atoms with van der Waals surface area (Å²) in [5.41, 5.74) is 4.21. The van der Waals surface area contributed by atoms with Crippen molar-refractivity contribution >= 4 is 26.7 Å². The number of hydrogen-bond donors (Lipinski definition) is 1. The Balaban J connectivity index is 1.44. The van der Waals surface area contributed by atoms with Gasteiger partial charge in [0.2, 0.25) is 15.8 Å². The number of halogens is 1. The van der Waals surface area contributed by atoms with Crippen molar-refractivity contribution in [1.29, 1.82) is 0 Å². The van der Waals surface area contributed by atoms with Crippen LogP contribution in [0.1, 0.15) is 24.1 Å². The molecule has 1 fully saturated rings. The molecule has 0 amide bonds. The number of hydrogen-bond acceptors (Lipinski definition) is 5. The fourth-order valence-electron chi connectivity index (χ4n) is 4.58. The van der Waals surface area contributed by atoms with E-state index in [-0.39, 0.29) is 10.3 Å². The van der Waals surface area contributed by atoms with Crippen LogP contribution in [0.3, 0.4) is 0 Å². The van der Waals surface area contributed by atoms with Crippen LogP contribution in [0.5, 0.6) is 0 Å². The summed E-state index contributed by atoms with van der Waals surface area (Å²) in [6.45, 7) is 0. The Morgan fingerprint density at radius 1 is 1.00 bits per heavy atom. The number of benzene rings is 2. The Bertz CT molecular complexity index is 1690. The van der Waals surface area contributed by atoms with Crippen molar-refractivity contribution in [3.63, 3.8) is 0 Å². The smallest absolute Gasteiger partial charge is 0.243 e. The fourth-order valence-corrected chi connectivity index (χ4v) is 5.36. The largest absolute Gasteiger partial charge is 0.287 e. The second kappa shape index (κ2) is 7.41. The third-order valence-corrected chi connectivity index (χ3v) is 8.03. The van der Waals surface area contributed by atoms with E-state index >= 15 is 0 Å². The standard InChI is InChI=1S/C25H20FN5O2S/c1-27-34(32,33)22-7-4-16(12-20(22)26)18-13-29-24-30-14-23(31(24)15-18)25(8-9-25)19-5-6-21-17(11-19)3-2-10-28-21/h2-7,10-15,27H,8-9H2,1H3. The lowest BCUT2D eigenvalue weighted by atomic mass is 9.91. The molecule has 0 saturated heterocycles. The van der Waals surface area contributed by atoms with E-state index in [2.05, 4.69) is 37.9 Å². The Morgan fingerprint density at radius 2 is 1.82 bits per heavy atom. The van der Waals surface area contributed by atoms with E-state index in [1.807, 2.05) is 28.9 Å². The second-order valence-corrected chi connectivity index (χ2v) is 10.4. The summed E-state index contributed by atoms with van der Waals surface area (Å²) in [4.78, 5) is 13.0. The highest BCUT2D eigenvalue weighted by atomic mass is 32.2. The normalized spacial score (nSPS) is 15.1. The molecule has 9 heteroatoms. The van der Waals surface area contributed by atoms with Gasteiger partial charge in [-0.25, -0.2) is 27.5 Å². The molecule has 1 saturated carbocycles. The summed E-state index contributed by atoms with van der Waals surface area (Å²) in [6, 6.07) is 14.4. The van der Waals surface area contributed by atoms with Gasteiger partial charge in [0.1, 0.15) is 10.7 Å². The van der Waals surface area contributed by atoms with Crippen LogP contribution in [-0.4, -0.2) is 34.8 Å². The highest BCUT2D eigenvalue weighted by Crippen LogP contribution is 2.53. The molecule has 5 aromatic rings. The van der Waals surface area contributed by atoms with Gasteiger partial charge in [0.15, 0.2) is 0 Å². The number of imidazole rings is 1. The van der Waals surface area contributed by atoms with E-state index < -0.39 is 15.8 Å². The van der Waals surface area contributed by atoms with Crippen LogP contribution in [0, 0.1) is 5.82 Å². The van der Waals surface area contributed by atoms with E-state index in [1.165, 1.54) is 24.7 Å². The summed E-state index contributed by atoms with van der Waals surface area (Å²) in [5, 5.41) is 1.09. The summed E-state index contributed by atoms with van der Waals surface area (Å²) in [5.74, 6) is -0.261. The first-order valence-corrected chi connectivity index (χ1v) is 12.3. The number of nitrogens with one attached hydrogen (secondary N) is 1. The zero-order chi connectivity index (χ0) is 23.5. The molecule has 7 nitrogen and oxygen atoms in total. The van der Waals surface area contributed by atoms with E-state index in [0.29, 0.717) is 16.9 Å². The number of fused-ring (bicyclic) bond motifs is 2. The van der Waals surface area contributed by atoms with Gasteiger partial charge in [0.05, 0.1) is 17.4 Å². The lowest BCUT2D eigenvalue weighted by Gasteiger charge is -2.17. The van der Waals surface area contributed by atoms with Crippen molar-refractivity contribution < 1.29 is 12.8 Å². The third kappa shape index (κ3) is 3.19. The van der Waals surface area contributed by atoms with Crippen LogP contribution in [0.2, 0.25) is 0 Å². The van der Waals surface area contributed by atoms with Gasteiger partial charge in [0, 0.05) is 35.0 Å². The summed E-state index contributed by atoms with van der Waals surface area (Å²) in [6.07, 6.45) is 9.12. The molecular formula is C25H20FN5O2S. The topological polar surface area (TPSA) is 89.2 Å². The maximum atomic E-state index is 14.6. The van der Waals surface area contributed by atoms with Crippen molar-refractivity contribution in [3.8, 4) is 11.1 Å². The Hall–Kier alpha value is -3.69. The Morgan fingerprint density at radius 3 is 2.59 bits per heavy atom. The molecule has 170 valence electrons. The molecule has 34 heavy (non-hydrogen) atoms. The molecule has 6 rings (SSSR count). The minimum absolute atomic E-state index is 0.167. The highest BCUT2D eigenvalue weighted by molar-refractivity contribution is 7.89. The predicted octanol–water partition coefficient (Wildman–Crippen LogP) is 4.07. The summed E-state index contributed by atoms with van der Waals surface area (Å²) < 4.78 is 42.7. The minimum Gasteiger partial charge on any atom is -0.287 e. The van der Waals surface area contributed by atoms with Crippen LogP contribution in [0.15, 0.2) is 78.2 Å². The zero-order valence-corrected chi connectivity index (χ0v) is 19.1. The van der Waals surface area contributed by atoms with Crippen molar-refractivity contribution in [1.82, 2.24) is 24.1 Å². The van der Waals surface area contributed by atoms with Crippen LogP contribution in [0.4, 0.5) is 4.39 Å². The molecule has 0 aliphatic heterocycles. The van der Waals surface area contributed by atoms with E-state index in [4.69, 9.17) is 0 Å². The van der Waals surface area contributed by atoms with Crippen LogP contribution >= 0.6 is 0 Å². The molecule has 1 aliphatic carbocycles. The van der Waals surface area contributed by atoms with Gasteiger partial charge in [-0.05, 0) is 61.3 Å². The molecule has 1 aliphatic rings. The van der Waals surface area contributed by atoms with Crippen LogP contribution in [-0.2, 0) is 15.4 Å². The monoisotopic (exact) mass is 473 g/mol. The number of nitrogens with zero attached hydrogens (tertiary/aromatic N) is 4. The molecule has 0 radical (unpaired) electrons. The third-order valence-electron chi connectivity index (χ3n) is 6.58. The van der Waals surface area contributed by atoms with Crippen molar-refractivity contribution in [3.05, 3.63) is 90.4 Å². The molecule has 0 atom stereocenters. The van der Waals surface area contributed by atoms with Gasteiger partial charge in [-0.1, -0.05) is 18.2 Å². The molecule has 1 N–H and O–H groups in total. The van der Waals surface area contributed by atoms with Crippen LogP contribution < -0.4 is 4.72 Å². The summed E-state index contributed by atoms with van der Waals surface area (Å²) in [7, 11) is -2.63. The van der Waals surface area contributed by atoms with Gasteiger partial charge < -0.3 is 0 Å². The molecule has 3 aromatic heterocycles. The fraction of sp³-hybridized carbons (Fsp3) is 0.160. The average Bonchev–Trinajstić information content (AvgIpc) is 3.55. The first kappa shape index (κ1) is 20.9. The minimum atomic E-state index is -3.88. The first-order valence-electron chi connectivity index (χ1n) is 10.8. The first-order chi connectivity index (χ1) is 16.4. The molecule has 2 aromatic carbocycles. The van der Waals surface area contributed by atoms with Gasteiger partial charge in [0.25, 0.3) is 0 Å². The van der Waals surface area contributed by atoms with Crippen molar-refractivity contribution in [2.24, 2.45) is 0 Å². The zero-order valence-electron chi connectivity index (χ0n) is 18.2. The lowest BCUT2D eigenvalue weighted by Crippen LogP contribution is -2.19. The van der Waals surface area contributed by atoms with E-state index in [1.54, 1.807) is 18.5 Å². The molecule has 0 unspecified atom stereocenters. The Labute approximate surface area is 195 Å². The van der Waals surface area contributed by atoms with Gasteiger partial charge in [-0.15, -0.1) is 0 Å². The van der Waals surface area contributed by atoms with Crippen molar-refractivity contribution in [2.75, 3.05) is 7.05 Å². The predicted molar refractivity (Wildman–Crippen MR) is 126 cm³/mol. The number of pyridine rings is 1. The highest BCUT2D eigenvalue weighted by Gasteiger charge is 2.48. The maximum Gasteiger partial charge on any atom is 0.243 e. The van der Waals surface area contributed by atoms with Gasteiger partial charge in [-0.3, -0.25) is 9.38 Å². The van der Waals surface area contributed by atoms with Crippen LogP contribution in [0.25, 0.3) is 27.8 Å². The van der Waals surface area contributed by atoms with Gasteiger partial charge >= 0.3 is 0 Å². The molecule has 3 heterocycles. The Kier molecular flexibility index (Phi) is 4.55. The number of sulfonamides is 1. The molecular weight excluding hydrogens is 453 g/mol. The van der Waals surface area contributed by atoms with E-state index in [9.17, 15) is 12.8 Å². The maximum absolute atomic E-state index is 14.6. The molecule has 0 bridgehead atoms.